The molecular weight excluding hydrogens is 378 g/mol. The van der Waals surface area contributed by atoms with Crippen LogP contribution in [0.5, 0.6) is 11.5 Å². The second-order valence-corrected chi connectivity index (χ2v) is 6.53. The number of aromatic nitrogens is 2. The molecule has 0 atom stereocenters. The van der Waals surface area contributed by atoms with Crippen LogP contribution in [0.15, 0.2) is 72.9 Å². The maximum atomic E-state index is 11.7. The number of anilines is 2. The maximum Gasteiger partial charge on any atom is 0.232 e. The number of carbonyl (C=O) groups is 1. The second-order valence-electron chi connectivity index (χ2n) is 6.53. The first kappa shape index (κ1) is 18.9. The lowest BCUT2D eigenvalue weighted by Crippen LogP contribution is -2.27. The van der Waals surface area contributed by atoms with E-state index in [0.29, 0.717) is 29.3 Å². The van der Waals surface area contributed by atoms with E-state index in [0.717, 1.165) is 16.6 Å². The first-order chi connectivity index (χ1) is 14.6. The number of rotatable bonds is 6. The molecule has 0 aliphatic rings. The fraction of sp³-hybridized carbons (Fsp3) is 0.0435. The highest BCUT2D eigenvalue weighted by Gasteiger charge is 2.08. The van der Waals surface area contributed by atoms with Gasteiger partial charge in [-0.15, -0.1) is 0 Å². The number of pyridine rings is 2. The molecule has 0 bridgehead atoms. The summed E-state index contributed by atoms with van der Waals surface area (Å²) in [6.07, 6.45) is 2.24. The van der Waals surface area contributed by atoms with Crippen LogP contribution < -0.4 is 15.2 Å². The van der Waals surface area contributed by atoms with E-state index < -0.39 is 0 Å². The summed E-state index contributed by atoms with van der Waals surface area (Å²) in [5.74, 6) is 1.12. The number of amides is 1. The van der Waals surface area contributed by atoms with Gasteiger partial charge in [0.1, 0.15) is 23.3 Å². The van der Waals surface area contributed by atoms with Crippen LogP contribution in [0, 0.1) is 18.3 Å². The first-order valence-electron chi connectivity index (χ1n) is 9.17. The predicted molar refractivity (Wildman–Crippen MR) is 114 cm³/mol. The summed E-state index contributed by atoms with van der Waals surface area (Å²) >= 11 is 0. The van der Waals surface area contributed by atoms with Crippen molar-refractivity contribution in [3.8, 4) is 17.6 Å². The van der Waals surface area contributed by atoms with Crippen molar-refractivity contribution in [1.82, 2.24) is 9.97 Å². The van der Waals surface area contributed by atoms with Gasteiger partial charge in [-0.2, -0.15) is 5.26 Å². The molecule has 0 fully saturated rings. The van der Waals surface area contributed by atoms with E-state index >= 15 is 0 Å². The molecule has 0 radical (unpaired) electrons. The predicted octanol–water partition coefficient (Wildman–Crippen LogP) is 4.59. The lowest BCUT2D eigenvalue weighted by molar-refractivity contribution is -0.107. The number of nitriles is 1. The molecule has 2 heterocycles. The Bertz CT molecular complexity index is 1250. The van der Waals surface area contributed by atoms with E-state index in [1.165, 1.54) is 11.2 Å². The van der Waals surface area contributed by atoms with E-state index in [1.54, 1.807) is 36.4 Å². The van der Waals surface area contributed by atoms with Gasteiger partial charge in [0.05, 0.1) is 16.9 Å². The summed E-state index contributed by atoms with van der Waals surface area (Å²) in [6.45, 7) is 1.94. The normalized spacial score (nSPS) is 10.3. The van der Waals surface area contributed by atoms with Crippen LogP contribution in [0.3, 0.4) is 0 Å². The Morgan fingerprint density at radius 2 is 1.87 bits per heavy atom. The highest BCUT2D eigenvalue weighted by Crippen LogP contribution is 2.25. The number of hydrogen-bond acceptors (Lipinski definition) is 6. The Hall–Kier alpha value is -4.44. The van der Waals surface area contributed by atoms with E-state index in [2.05, 4.69) is 15.4 Å². The molecule has 7 heteroatoms. The SMILES string of the molecule is Cc1ccc2cc(N(C=O)Nc3ccc(Oc4ccnc(C#N)c4)cc3)ccc2n1. The minimum atomic E-state index is 0.285. The molecule has 30 heavy (non-hydrogen) atoms. The van der Waals surface area contributed by atoms with Gasteiger partial charge in [-0.25, -0.2) is 9.99 Å². The molecule has 1 amide bonds. The van der Waals surface area contributed by atoms with E-state index in [9.17, 15) is 4.79 Å². The van der Waals surface area contributed by atoms with Gasteiger partial charge in [-0.1, -0.05) is 6.07 Å². The minimum Gasteiger partial charge on any atom is -0.457 e. The van der Waals surface area contributed by atoms with Crippen LogP contribution in [0.25, 0.3) is 10.9 Å². The third-order valence-corrected chi connectivity index (χ3v) is 4.38. The van der Waals surface area contributed by atoms with Crippen molar-refractivity contribution in [3.63, 3.8) is 0 Å². The van der Waals surface area contributed by atoms with Gasteiger partial charge in [0, 0.05) is 23.3 Å². The molecule has 1 N–H and O–H groups in total. The topological polar surface area (TPSA) is 91.1 Å². The quantitative estimate of drug-likeness (QED) is 0.379. The van der Waals surface area contributed by atoms with Crippen molar-refractivity contribution < 1.29 is 9.53 Å². The Balaban J connectivity index is 1.49. The lowest BCUT2D eigenvalue weighted by atomic mass is 10.2. The fourth-order valence-corrected chi connectivity index (χ4v) is 2.92. The highest BCUT2D eigenvalue weighted by atomic mass is 16.5. The Morgan fingerprint density at radius 3 is 2.63 bits per heavy atom. The van der Waals surface area contributed by atoms with Crippen molar-refractivity contribution in [2.24, 2.45) is 0 Å². The summed E-state index contributed by atoms with van der Waals surface area (Å²) in [6, 6.07) is 21.9. The summed E-state index contributed by atoms with van der Waals surface area (Å²) < 4.78 is 5.74. The molecule has 0 saturated heterocycles. The van der Waals surface area contributed by atoms with Gasteiger partial charge < -0.3 is 4.74 Å². The highest BCUT2D eigenvalue weighted by molar-refractivity contribution is 5.87. The van der Waals surface area contributed by atoms with Crippen LogP contribution in [0.2, 0.25) is 0 Å². The van der Waals surface area contributed by atoms with Crippen LogP contribution in [0.4, 0.5) is 11.4 Å². The van der Waals surface area contributed by atoms with Crippen molar-refractivity contribution in [3.05, 3.63) is 84.3 Å². The number of nitrogens with one attached hydrogen (secondary N) is 1. The van der Waals surface area contributed by atoms with E-state index in [1.807, 2.05) is 43.3 Å². The number of hydrogen-bond donors (Lipinski definition) is 1. The summed E-state index contributed by atoms with van der Waals surface area (Å²) in [7, 11) is 0. The molecule has 0 unspecified atom stereocenters. The average Bonchev–Trinajstić information content (AvgIpc) is 2.78. The fourth-order valence-electron chi connectivity index (χ4n) is 2.92. The van der Waals surface area contributed by atoms with Gasteiger partial charge in [0.25, 0.3) is 0 Å². The maximum absolute atomic E-state index is 11.7. The van der Waals surface area contributed by atoms with Crippen molar-refractivity contribution in [1.29, 1.82) is 5.26 Å². The Morgan fingerprint density at radius 1 is 1.03 bits per heavy atom. The molecule has 0 aliphatic carbocycles. The number of fused-ring (bicyclic) bond motifs is 1. The third-order valence-electron chi connectivity index (χ3n) is 4.38. The van der Waals surface area contributed by atoms with Gasteiger partial charge in [-0.3, -0.25) is 15.2 Å². The molecule has 2 aromatic carbocycles. The standard InChI is InChI=1S/C23H17N5O2/c1-16-2-3-17-12-20(6-9-23(17)26-16)28(15-29)27-18-4-7-21(8-5-18)30-22-10-11-25-19(13-22)14-24/h2-13,15,27H,1H3. The van der Waals surface area contributed by atoms with Crippen LogP contribution >= 0.6 is 0 Å². The summed E-state index contributed by atoms with van der Waals surface area (Å²) in [5, 5.41) is 11.3. The lowest BCUT2D eigenvalue weighted by Gasteiger charge is -2.20. The number of ether oxygens (including phenoxy) is 1. The van der Waals surface area contributed by atoms with Gasteiger partial charge >= 0.3 is 0 Å². The molecular formula is C23H17N5O2. The number of hydrazine groups is 1. The zero-order valence-corrected chi connectivity index (χ0v) is 16.1. The van der Waals surface area contributed by atoms with E-state index in [4.69, 9.17) is 10.00 Å². The Kier molecular flexibility index (Phi) is 5.22. The number of nitrogens with zero attached hydrogens (tertiary/aromatic N) is 4. The summed E-state index contributed by atoms with van der Waals surface area (Å²) in [4.78, 5) is 20.1. The Labute approximate surface area is 173 Å². The van der Waals surface area contributed by atoms with Gasteiger partial charge in [0.15, 0.2) is 0 Å². The monoisotopic (exact) mass is 395 g/mol. The molecule has 0 aliphatic heterocycles. The van der Waals surface area contributed by atoms with Crippen LogP contribution in [0.1, 0.15) is 11.4 Å². The van der Waals surface area contributed by atoms with Crippen LogP contribution in [-0.2, 0) is 4.79 Å². The third kappa shape index (κ3) is 4.18. The summed E-state index contributed by atoms with van der Waals surface area (Å²) in [5.41, 5.74) is 6.58. The molecule has 0 saturated carbocycles. The van der Waals surface area contributed by atoms with Gasteiger partial charge in [-0.05, 0) is 61.5 Å². The van der Waals surface area contributed by atoms with Gasteiger partial charge in [0.2, 0.25) is 6.41 Å². The molecule has 146 valence electrons. The minimum absolute atomic E-state index is 0.285. The molecule has 4 aromatic rings. The smallest absolute Gasteiger partial charge is 0.232 e. The number of aryl methyl sites for hydroxylation is 1. The largest absolute Gasteiger partial charge is 0.457 e. The van der Waals surface area contributed by atoms with Crippen molar-refractivity contribution >= 4 is 28.7 Å². The first-order valence-corrected chi connectivity index (χ1v) is 9.17. The molecule has 2 aromatic heterocycles. The molecule has 7 nitrogen and oxygen atoms in total. The van der Waals surface area contributed by atoms with E-state index in [-0.39, 0.29) is 5.69 Å². The molecule has 0 spiro atoms. The number of carbonyl (C=O) groups excluding carboxylic acids is 1. The van der Waals surface area contributed by atoms with Crippen LogP contribution in [-0.4, -0.2) is 16.4 Å². The zero-order chi connectivity index (χ0) is 20.9. The average molecular weight is 395 g/mol. The van der Waals surface area contributed by atoms with Crippen molar-refractivity contribution in [2.45, 2.75) is 6.92 Å². The molecule has 4 rings (SSSR count). The second kappa shape index (κ2) is 8.29. The zero-order valence-electron chi connectivity index (χ0n) is 16.1. The van der Waals surface area contributed by atoms with Crippen molar-refractivity contribution in [2.75, 3.05) is 10.4 Å². The number of benzene rings is 2.